The third-order valence-corrected chi connectivity index (χ3v) is 5.58. The van der Waals surface area contributed by atoms with Crippen LogP contribution in [0.4, 0.5) is 0 Å². The van der Waals surface area contributed by atoms with Crippen molar-refractivity contribution < 1.29 is 51.5 Å². The first-order chi connectivity index (χ1) is 19.1. The quantitative estimate of drug-likeness (QED) is 0.0534. The Kier molecular flexibility index (Phi) is 22.6. The lowest BCUT2D eigenvalue weighted by molar-refractivity contribution is -0.154. The third-order valence-electron chi connectivity index (χ3n) is 4.50. The average molecular weight is 618 g/mol. The first-order valence-corrected chi connectivity index (χ1v) is 14.4. The van der Waals surface area contributed by atoms with Gasteiger partial charge in [-0.15, -0.1) is 6.58 Å². The third kappa shape index (κ3) is 26.7. The van der Waals surface area contributed by atoms with Crippen LogP contribution in [0, 0.1) is 0 Å². The number of aliphatic carboxylic acids is 1. The standard InChI is InChI=1S/C18H26O6.C7H15NO3S.C4H6O2/c1-7-8-9-22-18(21)14(6)10-15(24-17(20)13(4)5)11-23-16(19)12(2)3;1-4-5-8-7(2,3)6-12(9,10)11;1-3(2)4(5)6/h15H,2,4,6-11H2,1,3,5H3;4,8H,1,5-6H2,2-3H3,(H,9,10,11);1H2,2H3,(H,5,6). The van der Waals surface area contributed by atoms with E-state index in [1.165, 1.54) is 20.8 Å². The highest BCUT2D eigenvalue weighted by atomic mass is 32.2. The SMILES string of the molecule is C=C(C)C(=O)O.C=C(C)C(=O)OCC(CC(=C)C(=O)OCCCC)OC(=O)C(=C)C.C=CCNC(C)(C)CS(=O)(=O)O. The second kappa shape index (κ2) is 22.1. The molecule has 12 nitrogen and oxygen atoms in total. The molecule has 0 aromatic rings. The Morgan fingerprint density at radius 2 is 1.43 bits per heavy atom. The van der Waals surface area contributed by atoms with Crippen molar-refractivity contribution in [2.45, 2.75) is 72.4 Å². The van der Waals surface area contributed by atoms with E-state index in [4.69, 9.17) is 23.9 Å². The van der Waals surface area contributed by atoms with Gasteiger partial charge in [0.25, 0.3) is 10.1 Å². The van der Waals surface area contributed by atoms with Crippen molar-refractivity contribution in [3.63, 3.8) is 0 Å². The first kappa shape index (κ1) is 42.9. The molecule has 0 rings (SSSR count). The number of carboxylic acids is 1. The Morgan fingerprint density at radius 3 is 1.81 bits per heavy atom. The predicted molar refractivity (Wildman–Crippen MR) is 161 cm³/mol. The van der Waals surface area contributed by atoms with Crippen LogP contribution in [0.2, 0.25) is 0 Å². The Balaban J connectivity index is -0.000000695. The summed E-state index contributed by atoms with van der Waals surface area (Å²) in [5, 5.41) is 10.8. The maximum Gasteiger partial charge on any atom is 0.333 e. The highest BCUT2D eigenvalue weighted by Gasteiger charge is 2.23. The zero-order valence-corrected chi connectivity index (χ0v) is 26.4. The van der Waals surface area contributed by atoms with Crippen LogP contribution in [-0.4, -0.2) is 79.1 Å². The number of carboxylic acid groups (broad SMARTS) is 1. The summed E-state index contributed by atoms with van der Waals surface area (Å²) in [6, 6.07) is 0. The zero-order chi connectivity index (χ0) is 33.7. The number of nitrogens with one attached hydrogen (secondary N) is 1. The van der Waals surface area contributed by atoms with Gasteiger partial charge in [0.15, 0.2) is 0 Å². The Morgan fingerprint density at radius 1 is 0.929 bits per heavy atom. The lowest BCUT2D eigenvalue weighted by Gasteiger charge is -2.23. The molecule has 1 atom stereocenters. The Labute approximate surface area is 249 Å². The topological polar surface area (TPSA) is 183 Å². The minimum atomic E-state index is -3.91. The number of ether oxygens (including phenoxy) is 3. The summed E-state index contributed by atoms with van der Waals surface area (Å²) in [7, 11) is -3.91. The minimum Gasteiger partial charge on any atom is -0.478 e. The fraction of sp³-hybridized carbons (Fsp3) is 0.517. The van der Waals surface area contributed by atoms with Crippen LogP contribution >= 0.6 is 0 Å². The zero-order valence-electron chi connectivity index (χ0n) is 25.6. The molecule has 13 heteroatoms. The van der Waals surface area contributed by atoms with Crippen LogP contribution in [0.5, 0.6) is 0 Å². The molecule has 0 aliphatic carbocycles. The lowest BCUT2D eigenvalue weighted by atomic mass is 10.1. The molecule has 0 bridgehead atoms. The largest absolute Gasteiger partial charge is 0.478 e. The molecule has 0 aliphatic rings. The molecule has 0 amide bonds. The van der Waals surface area contributed by atoms with Crippen LogP contribution in [0.15, 0.2) is 61.3 Å². The molecular formula is C29H47NO11S. The van der Waals surface area contributed by atoms with Gasteiger partial charge in [0, 0.05) is 40.8 Å². The van der Waals surface area contributed by atoms with E-state index >= 15 is 0 Å². The number of rotatable bonds is 17. The van der Waals surface area contributed by atoms with Gasteiger partial charge in [-0.25, -0.2) is 19.2 Å². The molecule has 0 fully saturated rings. The Bertz CT molecular complexity index is 1080. The van der Waals surface area contributed by atoms with E-state index in [1.807, 2.05) is 6.92 Å². The summed E-state index contributed by atoms with van der Waals surface area (Å²) in [5.41, 5.74) is 0.106. The molecule has 0 spiro atoms. The van der Waals surface area contributed by atoms with Crippen molar-refractivity contribution in [2.24, 2.45) is 0 Å². The van der Waals surface area contributed by atoms with Crippen LogP contribution in [0.25, 0.3) is 0 Å². The van der Waals surface area contributed by atoms with Crippen LogP contribution < -0.4 is 5.32 Å². The van der Waals surface area contributed by atoms with Crippen molar-refractivity contribution in [3.05, 3.63) is 61.3 Å². The molecule has 1 unspecified atom stereocenters. The predicted octanol–water partition coefficient (Wildman–Crippen LogP) is 3.96. The van der Waals surface area contributed by atoms with Crippen molar-refractivity contribution in [2.75, 3.05) is 25.5 Å². The van der Waals surface area contributed by atoms with Gasteiger partial charge >= 0.3 is 23.9 Å². The molecule has 240 valence electrons. The fourth-order valence-electron chi connectivity index (χ4n) is 2.30. The van der Waals surface area contributed by atoms with Crippen molar-refractivity contribution in [3.8, 4) is 0 Å². The van der Waals surface area contributed by atoms with Gasteiger partial charge in [-0.05, 0) is 41.0 Å². The van der Waals surface area contributed by atoms with Crippen LogP contribution in [0.3, 0.4) is 0 Å². The van der Waals surface area contributed by atoms with E-state index in [0.29, 0.717) is 13.2 Å². The molecule has 0 aromatic heterocycles. The minimum absolute atomic E-state index is 0.00650. The summed E-state index contributed by atoms with van der Waals surface area (Å²) in [6.07, 6.45) is 2.42. The monoisotopic (exact) mass is 617 g/mol. The number of unbranched alkanes of at least 4 members (excludes halogenated alkanes) is 1. The van der Waals surface area contributed by atoms with E-state index in [2.05, 4.69) is 38.2 Å². The van der Waals surface area contributed by atoms with Gasteiger partial charge in [0.2, 0.25) is 0 Å². The van der Waals surface area contributed by atoms with Crippen molar-refractivity contribution >= 4 is 34.0 Å². The second-order valence-corrected chi connectivity index (χ2v) is 11.3. The van der Waals surface area contributed by atoms with E-state index in [-0.39, 0.29) is 41.1 Å². The summed E-state index contributed by atoms with van der Waals surface area (Å²) in [6.45, 7) is 27.6. The van der Waals surface area contributed by atoms with Crippen molar-refractivity contribution in [1.29, 1.82) is 0 Å². The molecule has 42 heavy (non-hydrogen) atoms. The fourth-order valence-corrected chi connectivity index (χ4v) is 3.32. The van der Waals surface area contributed by atoms with E-state index in [1.54, 1.807) is 19.9 Å². The number of carbonyl (C=O) groups excluding carboxylic acids is 3. The molecule has 0 saturated heterocycles. The lowest BCUT2D eigenvalue weighted by Crippen LogP contribution is -2.45. The number of hydrogen-bond acceptors (Lipinski definition) is 10. The van der Waals surface area contributed by atoms with Gasteiger partial charge in [0.1, 0.15) is 12.7 Å². The molecular weight excluding hydrogens is 570 g/mol. The summed E-state index contributed by atoms with van der Waals surface area (Å²) >= 11 is 0. The van der Waals surface area contributed by atoms with Gasteiger partial charge in [0.05, 0.1) is 12.4 Å². The highest BCUT2D eigenvalue weighted by molar-refractivity contribution is 7.85. The maximum absolute atomic E-state index is 11.8. The Hall–Kier alpha value is -3.55. The highest BCUT2D eigenvalue weighted by Crippen LogP contribution is 2.13. The normalized spacial score (nSPS) is 11.1. The molecule has 0 radical (unpaired) electrons. The van der Waals surface area contributed by atoms with E-state index in [0.717, 1.165) is 12.8 Å². The molecule has 0 aliphatic heterocycles. The van der Waals surface area contributed by atoms with E-state index < -0.39 is 45.6 Å². The number of carbonyl (C=O) groups is 4. The number of esters is 3. The number of hydrogen-bond donors (Lipinski definition) is 3. The second-order valence-electron chi connectivity index (χ2n) is 9.85. The van der Waals surface area contributed by atoms with E-state index in [9.17, 15) is 27.6 Å². The first-order valence-electron chi connectivity index (χ1n) is 12.8. The van der Waals surface area contributed by atoms with Gasteiger partial charge in [-0.2, -0.15) is 8.42 Å². The molecule has 0 aromatic carbocycles. The molecule has 0 heterocycles. The van der Waals surface area contributed by atoms with Crippen LogP contribution in [-0.2, 0) is 43.5 Å². The van der Waals surface area contributed by atoms with Gasteiger partial charge < -0.3 is 24.6 Å². The van der Waals surface area contributed by atoms with Crippen LogP contribution in [0.1, 0.15) is 60.8 Å². The van der Waals surface area contributed by atoms with Gasteiger partial charge in [-0.1, -0.05) is 45.7 Å². The summed E-state index contributed by atoms with van der Waals surface area (Å²) < 4.78 is 44.8. The summed E-state index contributed by atoms with van der Waals surface area (Å²) in [5.74, 6) is -3.05. The van der Waals surface area contributed by atoms with Gasteiger partial charge in [-0.3, -0.25) is 4.55 Å². The average Bonchev–Trinajstić information content (AvgIpc) is 2.84. The summed E-state index contributed by atoms with van der Waals surface area (Å²) in [4.78, 5) is 44.6. The molecule has 3 N–H and O–H groups in total. The maximum atomic E-state index is 11.8. The van der Waals surface area contributed by atoms with Crippen molar-refractivity contribution in [1.82, 2.24) is 5.32 Å². The smallest absolute Gasteiger partial charge is 0.333 e. The molecule has 0 saturated carbocycles.